The Morgan fingerprint density at radius 1 is 1.35 bits per heavy atom. The minimum absolute atomic E-state index is 0.313. The fourth-order valence-corrected chi connectivity index (χ4v) is 3.09. The molecule has 0 unspecified atom stereocenters. The zero-order chi connectivity index (χ0) is 12.3. The van der Waals surface area contributed by atoms with E-state index in [1.807, 2.05) is 31.2 Å². The van der Waals surface area contributed by atoms with Crippen molar-refractivity contribution in [1.82, 2.24) is 0 Å². The predicted molar refractivity (Wildman–Crippen MR) is 67.5 cm³/mol. The lowest BCUT2D eigenvalue weighted by Crippen LogP contribution is -2.18. The van der Waals surface area contributed by atoms with Crippen molar-refractivity contribution in [1.29, 1.82) is 0 Å². The number of benzene rings is 1. The fraction of sp³-hybridized carbons (Fsp3) is 0.500. The predicted octanol–water partition coefficient (Wildman–Crippen LogP) is 2.43. The molecule has 0 bridgehead atoms. The number of halogens is 1. The number of alkyl halides is 1. The quantitative estimate of drug-likeness (QED) is 0.791. The highest BCUT2D eigenvalue weighted by Crippen LogP contribution is 2.21. The topological polar surface area (TPSA) is 35.5 Å². The highest BCUT2D eigenvalue weighted by molar-refractivity contribution is 7.87. The van der Waals surface area contributed by atoms with Gasteiger partial charge >= 0.3 is 0 Å². The van der Waals surface area contributed by atoms with Crippen molar-refractivity contribution in [2.45, 2.75) is 29.2 Å². The molecule has 1 fully saturated rings. The van der Waals surface area contributed by atoms with Crippen molar-refractivity contribution in [3.63, 3.8) is 0 Å². The van der Waals surface area contributed by atoms with Gasteiger partial charge < -0.3 is 9.47 Å². The van der Waals surface area contributed by atoms with E-state index in [-0.39, 0.29) is 6.29 Å². The van der Waals surface area contributed by atoms with Crippen molar-refractivity contribution < 1.29 is 13.7 Å². The second kappa shape index (κ2) is 5.96. The lowest BCUT2D eigenvalue weighted by Gasteiger charge is -2.13. The maximum atomic E-state index is 12.1. The van der Waals surface area contributed by atoms with E-state index in [1.165, 1.54) is 0 Å². The summed E-state index contributed by atoms with van der Waals surface area (Å²) < 4.78 is 22.2. The van der Waals surface area contributed by atoms with Gasteiger partial charge in [0.15, 0.2) is 6.29 Å². The highest BCUT2D eigenvalue weighted by atomic mass is 35.5. The Labute approximate surface area is 109 Å². The van der Waals surface area contributed by atoms with Gasteiger partial charge in [0.25, 0.3) is 0 Å². The summed E-state index contributed by atoms with van der Waals surface area (Å²) in [5.41, 5.74) is 1.14. The third kappa shape index (κ3) is 3.52. The van der Waals surface area contributed by atoms with Crippen LogP contribution in [0.25, 0.3) is 0 Å². The third-order valence-corrected chi connectivity index (χ3v) is 4.61. The van der Waals surface area contributed by atoms with E-state index in [0.29, 0.717) is 19.6 Å². The minimum atomic E-state index is -1.23. The molecule has 94 valence electrons. The van der Waals surface area contributed by atoms with Crippen molar-refractivity contribution in [3.8, 4) is 0 Å². The van der Waals surface area contributed by atoms with E-state index in [9.17, 15) is 4.21 Å². The maximum absolute atomic E-state index is 12.1. The van der Waals surface area contributed by atoms with Crippen molar-refractivity contribution in [3.05, 3.63) is 29.8 Å². The minimum Gasteiger partial charge on any atom is -0.350 e. The van der Waals surface area contributed by atoms with Gasteiger partial charge in [0.1, 0.15) is 4.71 Å². The first-order valence-electron chi connectivity index (χ1n) is 5.51. The molecule has 1 aromatic rings. The van der Waals surface area contributed by atoms with Gasteiger partial charge in [-0.2, -0.15) is 0 Å². The zero-order valence-corrected chi connectivity index (χ0v) is 11.2. The summed E-state index contributed by atoms with van der Waals surface area (Å²) in [4.78, 5) is 0.744. The molecular formula is C12H15ClO3S. The molecule has 5 heteroatoms. The lowest BCUT2D eigenvalue weighted by molar-refractivity contribution is -0.0438. The Balaban J connectivity index is 1.96. The van der Waals surface area contributed by atoms with Gasteiger partial charge in [-0.05, 0) is 19.1 Å². The molecule has 1 heterocycles. The van der Waals surface area contributed by atoms with Crippen LogP contribution in [0.1, 0.15) is 12.0 Å². The van der Waals surface area contributed by atoms with Gasteiger partial charge in [0.2, 0.25) is 0 Å². The number of aryl methyl sites for hydroxylation is 1. The molecule has 0 N–H and O–H groups in total. The highest BCUT2D eigenvalue weighted by Gasteiger charge is 2.24. The van der Waals surface area contributed by atoms with Crippen LogP contribution in [0.15, 0.2) is 29.2 Å². The van der Waals surface area contributed by atoms with Gasteiger partial charge in [0, 0.05) is 11.3 Å². The Hall–Kier alpha value is -0.420. The molecule has 1 aromatic carbocycles. The van der Waals surface area contributed by atoms with E-state index >= 15 is 0 Å². The summed E-state index contributed by atoms with van der Waals surface area (Å²) in [5, 5.41) is 0. The van der Waals surface area contributed by atoms with Crippen LogP contribution < -0.4 is 0 Å². The van der Waals surface area contributed by atoms with Crippen LogP contribution >= 0.6 is 11.6 Å². The third-order valence-electron chi connectivity index (χ3n) is 2.55. The molecule has 0 radical (unpaired) electrons. The summed E-state index contributed by atoms with van der Waals surface area (Å²) in [6, 6.07) is 7.55. The molecule has 0 spiro atoms. The summed E-state index contributed by atoms with van der Waals surface area (Å²) in [6.07, 6.45) is 0.133. The second-order valence-electron chi connectivity index (χ2n) is 3.93. The zero-order valence-electron chi connectivity index (χ0n) is 9.60. The summed E-state index contributed by atoms with van der Waals surface area (Å²) in [7, 11) is -1.23. The normalized spacial score (nSPS) is 20.4. The molecule has 0 aromatic heterocycles. The number of hydrogen-bond donors (Lipinski definition) is 0. The van der Waals surface area contributed by atoms with Crippen LogP contribution in [0.3, 0.4) is 0 Å². The molecule has 1 saturated heterocycles. The molecule has 3 nitrogen and oxygen atoms in total. The Kier molecular flexibility index (Phi) is 4.56. The average Bonchev–Trinajstić information content (AvgIpc) is 2.82. The molecule has 0 amide bonds. The largest absolute Gasteiger partial charge is 0.350 e. The number of rotatable bonds is 4. The molecule has 0 saturated carbocycles. The van der Waals surface area contributed by atoms with Gasteiger partial charge in [-0.15, -0.1) is 11.6 Å². The van der Waals surface area contributed by atoms with E-state index < -0.39 is 15.5 Å². The van der Waals surface area contributed by atoms with Gasteiger partial charge in [0.05, 0.1) is 24.0 Å². The second-order valence-corrected chi connectivity index (χ2v) is 6.35. The van der Waals surface area contributed by atoms with Gasteiger partial charge in [-0.3, -0.25) is 4.21 Å². The van der Waals surface area contributed by atoms with Crippen molar-refractivity contribution in [2.24, 2.45) is 0 Å². The lowest BCUT2D eigenvalue weighted by atomic mass is 10.2. The molecule has 2 atom stereocenters. The van der Waals surface area contributed by atoms with Gasteiger partial charge in [-0.25, -0.2) is 0 Å². The molecule has 2 rings (SSSR count). The summed E-state index contributed by atoms with van der Waals surface area (Å²) in [5.74, 6) is 0. The van der Waals surface area contributed by atoms with Crippen LogP contribution in [0.5, 0.6) is 0 Å². The monoisotopic (exact) mass is 274 g/mol. The first kappa shape index (κ1) is 13.0. The van der Waals surface area contributed by atoms with Crippen LogP contribution in [-0.4, -0.2) is 28.4 Å². The first-order valence-corrected chi connectivity index (χ1v) is 7.16. The maximum Gasteiger partial charge on any atom is 0.160 e. The molecular weight excluding hydrogens is 260 g/mol. The Morgan fingerprint density at radius 3 is 2.53 bits per heavy atom. The van der Waals surface area contributed by atoms with Gasteiger partial charge in [-0.1, -0.05) is 17.7 Å². The smallest absolute Gasteiger partial charge is 0.160 e. The van der Waals surface area contributed by atoms with E-state index in [2.05, 4.69) is 0 Å². The van der Waals surface area contributed by atoms with Crippen LogP contribution in [0, 0.1) is 6.92 Å². The van der Waals surface area contributed by atoms with Crippen LogP contribution in [0.2, 0.25) is 0 Å². The molecule has 17 heavy (non-hydrogen) atoms. The van der Waals surface area contributed by atoms with E-state index in [4.69, 9.17) is 21.1 Å². The number of ether oxygens (including phenoxy) is 2. The molecule has 0 aliphatic carbocycles. The average molecular weight is 275 g/mol. The Bertz CT molecular complexity index is 387. The van der Waals surface area contributed by atoms with Crippen LogP contribution in [0.4, 0.5) is 0 Å². The summed E-state index contributed by atoms with van der Waals surface area (Å²) >= 11 is 6.13. The first-order chi connectivity index (χ1) is 8.16. The van der Waals surface area contributed by atoms with Crippen LogP contribution in [-0.2, 0) is 20.3 Å². The fourth-order valence-electron chi connectivity index (χ4n) is 1.60. The Morgan fingerprint density at radius 2 is 1.94 bits per heavy atom. The van der Waals surface area contributed by atoms with Crippen molar-refractivity contribution >= 4 is 22.4 Å². The molecule has 1 aliphatic rings. The van der Waals surface area contributed by atoms with E-state index in [1.54, 1.807) is 0 Å². The summed E-state index contributed by atoms with van der Waals surface area (Å²) in [6.45, 7) is 3.17. The standard InChI is InChI=1S/C12H15ClO3S/c1-9-2-4-10(5-3-9)17(14)11(13)8-12-15-6-7-16-12/h2-5,11-12H,6-8H2,1H3/t11-,17-/m0/s1. The number of hydrogen-bond acceptors (Lipinski definition) is 3. The van der Waals surface area contributed by atoms with Crippen molar-refractivity contribution in [2.75, 3.05) is 13.2 Å². The van der Waals surface area contributed by atoms with E-state index in [0.717, 1.165) is 10.5 Å². The SMILES string of the molecule is Cc1ccc([S@](=O)[C@H](Cl)CC2OCCO2)cc1. The molecule has 1 aliphatic heterocycles.